The van der Waals surface area contributed by atoms with Gasteiger partial charge in [-0.3, -0.25) is 0 Å². The molecule has 2 rings (SSSR count). The summed E-state index contributed by atoms with van der Waals surface area (Å²) in [6, 6.07) is 10.4. The molecular weight excluding hydrogens is 415 g/mol. The van der Waals surface area contributed by atoms with Gasteiger partial charge in [-0.25, -0.2) is 4.79 Å². The van der Waals surface area contributed by atoms with E-state index in [1.54, 1.807) is 24.3 Å². The Bertz CT molecular complexity index is 754. The minimum atomic E-state index is -0.523. The summed E-state index contributed by atoms with van der Waals surface area (Å²) < 4.78 is 11.4. The standard InChI is InChI=1S/C18H17BrCl2O3/c1-18(2,3)11-4-6-15(13(19)8-11)24-17(22)10-23-16-7-5-12(20)9-14(16)21/h4-9H,10H2,1-3H3. The van der Waals surface area contributed by atoms with Crippen LogP contribution in [0.1, 0.15) is 26.3 Å². The first-order valence-corrected chi connectivity index (χ1v) is 8.80. The van der Waals surface area contributed by atoms with E-state index >= 15 is 0 Å². The summed E-state index contributed by atoms with van der Waals surface area (Å²) in [5.41, 5.74) is 1.15. The van der Waals surface area contributed by atoms with E-state index in [-0.39, 0.29) is 12.0 Å². The van der Waals surface area contributed by atoms with E-state index in [1.165, 1.54) is 0 Å². The Balaban J connectivity index is 2.00. The van der Waals surface area contributed by atoms with Crippen LogP contribution in [0.5, 0.6) is 11.5 Å². The van der Waals surface area contributed by atoms with Crippen LogP contribution >= 0.6 is 39.1 Å². The molecule has 2 aromatic rings. The summed E-state index contributed by atoms with van der Waals surface area (Å²) in [5, 5.41) is 0.837. The van der Waals surface area contributed by atoms with Crippen molar-refractivity contribution in [2.75, 3.05) is 6.61 Å². The number of halogens is 3. The fraction of sp³-hybridized carbons (Fsp3) is 0.278. The molecule has 0 heterocycles. The van der Waals surface area contributed by atoms with Crippen LogP contribution in [-0.2, 0) is 10.2 Å². The minimum Gasteiger partial charge on any atom is -0.480 e. The first kappa shape index (κ1) is 19.1. The molecule has 0 aliphatic heterocycles. The topological polar surface area (TPSA) is 35.5 Å². The highest BCUT2D eigenvalue weighted by Crippen LogP contribution is 2.32. The van der Waals surface area contributed by atoms with E-state index in [4.69, 9.17) is 32.7 Å². The van der Waals surface area contributed by atoms with Gasteiger partial charge in [-0.05, 0) is 57.2 Å². The molecule has 24 heavy (non-hydrogen) atoms. The van der Waals surface area contributed by atoms with Crippen LogP contribution in [-0.4, -0.2) is 12.6 Å². The smallest absolute Gasteiger partial charge is 0.349 e. The molecule has 6 heteroatoms. The molecule has 0 atom stereocenters. The largest absolute Gasteiger partial charge is 0.480 e. The number of hydrogen-bond acceptors (Lipinski definition) is 3. The second-order valence-electron chi connectivity index (χ2n) is 6.23. The molecule has 0 fully saturated rings. The average Bonchev–Trinajstić information content (AvgIpc) is 2.47. The Kier molecular flexibility index (Phi) is 6.18. The van der Waals surface area contributed by atoms with Crippen LogP contribution in [0.2, 0.25) is 10.0 Å². The first-order valence-electron chi connectivity index (χ1n) is 7.25. The molecule has 0 unspecified atom stereocenters. The van der Waals surface area contributed by atoms with Crippen LogP contribution < -0.4 is 9.47 Å². The number of hydrogen-bond donors (Lipinski definition) is 0. The highest BCUT2D eigenvalue weighted by Gasteiger charge is 2.17. The third-order valence-electron chi connectivity index (χ3n) is 3.26. The van der Waals surface area contributed by atoms with Gasteiger partial charge in [-0.2, -0.15) is 0 Å². The molecular formula is C18H17BrCl2O3. The van der Waals surface area contributed by atoms with Crippen molar-refractivity contribution in [1.29, 1.82) is 0 Å². The SMILES string of the molecule is CC(C)(C)c1ccc(OC(=O)COc2ccc(Cl)cc2Cl)c(Br)c1. The Morgan fingerprint density at radius 2 is 1.75 bits per heavy atom. The molecule has 0 aliphatic rings. The zero-order valence-corrected chi connectivity index (χ0v) is 16.6. The third-order valence-corrected chi connectivity index (χ3v) is 4.41. The maximum absolute atomic E-state index is 12.0. The van der Waals surface area contributed by atoms with Crippen molar-refractivity contribution in [3.8, 4) is 11.5 Å². The number of carbonyl (C=O) groups is 1. The van der Waals surface area contributed by atoms with E-state index in [9.17, 15) is 4.79 Å². The highest BCUT2D eigenvalue weighted by atomic mass is 79.9. The maximum Gasteiger partial charge on any atom is 0.349 e. The van der Waals surface area contributed by atoms with Crippen molar-refractivity contribution in [3.05, 3.63) is 56.5 Å². The van der Waals surface area contributed by atoms with Crippen molar-refractivity contribution in [2.45, 2.75) is 26.2 Å². The second-order valence-corrected chi connectivity index (χ2v) is 7.93. The van der Waals surface area contributed by atoms with Crippen molar-refractivity contribution in [3.63, 3.8) is 0 Å². The predicted molar refractivity (Wildman–Crippen MR) is 100 cm³/mol. The van der Waals surface area contributed by atoms with Crippen LogP contribution in [0.15, 0.2) is 40.9 Å². The molecule has 0 spiro atoms. The summed E-state index contributed by atoms with van der Waals surface area (Å²) in [7, 11) is 0. The van der Waals surface area contributed by atoms with E-state index in [0.29, 0.717) is 26.0 Å². The predicted octanol–water partition coefficient (Wildman–Crippen LogP) is 6.04. The molecule has 3 nitrogen and oxygen atoms in total. The van der Waals surface area contributed by atoms with Crippen LogP contribution in [0.25, 0.3) is 0 Å². The summed E-state index contributed by atoms with van der Waals surface area (Å²) in [4.78, 5) is 12.0. The lowest BCUT2D eigenvalue weighted by atomic mass is 9.87. The van der Waals surface area contributed by atoms with Gasteiger partial charge in [0, 0.05) is 5.02 Å². The molecule has 0 N–H and O–H groups in total. The number of ether oxygens (including phenoxy) is 2. The van der Waals surface area contributed by atoms with Crippen molar-refractivity contribution >= 4 is 45.1 Å². The maximum atomic E-state index is 12.0. The van der Waals surface area contributed by atoms with Crippen LogP contribution in [0, 0.1) is 0 Å². The molecule has 2 aromatic carbocycles. The van der Waals surface area contributed by atoms with Crippen molar-refractivity contribution in [1.82, 2.24) is 0 Å². The van der Waals surface area contributed by atoms with Gasteiger partial charge in [0.1, 0.15) is 11.5 Å². The van der Waals surface area contributed by atoms with E-state index in [1.807, 2.05) is 12.1 Å². The van der Waals surface area contributed by atoms with Gasteiger partial charge in [0.15, 0.2) is 6.61 Å². The zero-order valence-electron chi connectivity index (χ0n) is 13.5. The summed E-state index contributed by atoms with van der Waals surface area (Å²) >= 11 is 15.2. The third kappa shape index (κ3) is 5.13. The molecule has 0 saturated carbocycles. The summed E-state index contributed by atoms with van der Waals surface area (Å²) in [5.74, 6) is 0.296. The molecule has 0 aromatic heterocycles. The molecule has 0 radical (unpaired) electrons. The number of carbonyl (C=O) groups excluding carboxylic acids is 1. The summed E-state index contributed by atoms with van der Waals surface area (Å²) in [6.45, 7) is 6.09. The minimum absolute atomic E-state index is 0.0134. The summed E-state index contributed by atoms with van der Waals surface area (Å²) in [6.07, 6.45) is 0. The molecule has 0 amide bonds. The van der Waals surface area contributed by atoms with E-state index in [2.05, 4.69) is 36.7 Å². The number of rotatable bonds is 4. The van der Waals surface area contributed by atoms with Gasteiger partial charge in [0.25, 0.3) is 0 Å². The monoisotopic (exact) mass is 430 g/mol. The van der Waals surface area contributed by atoms with Gasteiger partial charge in [0.2, 0.25) is 0 Å². The fourth-order valence-electron chi connectivity index (χ4n) is 1.93. The Morgan fingerprint density at radius 1 is 1.08 bits per heavy atom. The van der Waals surface area contributed by atoms with Crippen molar-refractivity contribution in [2.24, 2.45) is 0 Å². The number of esters is 1. The first-order chi connectivity index (χ1) is 11.2. The molecule has 128 valence electrons. The molecule has 0 aliphatic carbocycles. The Labute approximate surface area is 160 Å². The molecule has 0 saturated heterocycles. The van der Waals surface area contributed by atoms with Gasteiger partial charge < -0.3 is 9.47 Å². The molecule has 0 bridgehead atoms. The average molecular weight is 432 g/mol. The zero-order chi connectivity index (χ0) is 17.9. The number of benzene rings is 2. The van der Waals surface area contributed by atoms with Gasteiger partial charge in [0.05, 0.1) is 9.50 Å². The Morgan fingerprint density at radius 3 is 2.33 bits per heavy atom. The highest BCUT2D eigenvalue weighted by molar-refractivity contribution is 9.10. The van der Waals surface area contributed by atoms with Crippen molar-refractivity contribution < 1.29 is 14.3 Å². The normalized spacial score (nSPS) is 11.2. The van der Waals surface area contributed by atoms with Crippen LogP contribution in [0.3, 0.4) is 0 Å². The van der Waals surface area contributed by atoms with E-state index in [0.717, 1.165) is 5.56 Å². The fourth-order valence-corrected chi connectivity index (χ4v) is 2.85. The second kappa shape index (κ2) is 7.77. The Hall–Kier alpha value is -1.23. The lowest BCUT2D eigenvalue weighted by Gasteiger charge is -2.20. The van der Waals surface area contributed by atoms with Gasteiger partial charge in [-0.1, -0.05) is 50.0 Å². The lowest BCUT2D eigenvalue weighted by Crippen LogP contribution is -2.18. The lowest BCUT2D eigenvalue weighted by molar-refractivity contribution is -0.136. The van der Waals surface area contributed by atoms with Gasteiger partial charge >= 0.3 is 5.97 Å². The quantitative estimate of drug-likeness (QED) is 0.437. The van der Waals surface area contributed by atoms with Crippen LogP contribution in [0.4, 0.5) is 0 Å². The van der Waals surface area contributed by atoms with E-state index < -0.39 is 5.97 Å². The van der Waals surface area contributed by atoms with Gasteiger partial charge in [-0.15, -0.1) is 0 Å².